The summed E-state index contributed by atoms with van der Waals surface area (Å²) in [5.74, 6) is 0.0313. The molecule has 2 N–H and O–H groups in total. The lowest BCUT2D eigenvalue weighted by atomic mass is 10.1. The van der Waals surface area contributed by atoms with Crippen LogP contribution >= 0.6 is 27.3 Å². The molecule has 0 spiro atoms. The fourth-order valence-electron chi connectivity index (χ4n) is 1.76. The van der Waals surface area contributed by atoms with Gasteiger partial charge in [-0.2, -0.15) is 0 Å². The van der Waals surface area contributed by atoms with Crippen molar-refractivity contribution in [3.8, 4) is 0 Å². The van der Waals surface area contributed by atoms with Crippen LogP contribution in [0.5, 0.6) is 0 Å². The highest BCUT2D eigenvalue weighted by Gasteiger charge is 2.20. The number of nitrogens with zero attached hydrogens (tertiary/aromatic N) is 1. The minimum Gasteiger partial charge on any atom is -0.306 e. The second-order valence-corrected chi connectivity index (χ2v) is 6.22. The Hall–Kier alpha value is -0.460. The number of carbonyl (C=O) groups is 1. The van der Waals surface area contributed by atoms with E-state index >= 15 is 0 Å². The lowest BCUT2D eigenvalue weighted by Crippen LogP contribution is -2.39. The van der Waals surface area contributed by atoms with Gasteiger partial charge in [0.15, 0.2) is 5.13 Å². The Kier molecular flexibility index (Phi) is 4.31. The predicted octanol–water partition coefficient (Wildman–Crippen LogP) is 2.38. The van der Waals surface area contributed by atoms with Crippen LogP contribution < -0.4 is 10.6 Å². The van der Waals surface area contributed by atoms with E-state index < -0.39 is 0 Å². The summed E-state index contributed by atoms with van der Waals surface area (Å²) >= 11 is 4.75. The highest BCUT2D eigenvalue weighted by molar-refractivity contribution is 9.11. The fraction of sp³-hybridized carbons (Fsp3) is 0.600. The first-order chi connectivity index (χ1) is 7.75. The first kappa shape index (κ1) is 12.0. The SMILES string of the molecule is O=C(Nc1ncc(Br)s1)C1CCCCCN1. The van der Waals surface area contributed by atoms with Gasteiger partial charge in [0, 0.05) is 0 Å². The number of nitrogens with one attached hydrogen (secondary N) is 2. The Morgan fingerprint density at radius 2 is 2.44 bits per heavy atom. The number of thiazole rings is 1. The standard InChI is InChI=1S/C10H14BrN3OS/c11-8-6-13-10(16-8)14-9(15)7-4-2-1-3-5-12-7/h6-7,12H,1-5H2,(H,13,14,15). The van der Waals surface area contributed by atoms with E-state index in [2.05, 4.69) is 31.5 Å². The molecule has 6 heteroatoms. The predicted molar refractivity (Wildman–Crippen MR) is 68.7 cm³/mol. The lowest BCUT2D eigenvalue weighted by molar-refractivity contribution is -0.118. The van der Waals surface area contributed by atoms with Crippen LogP contribution in [-0.4, -0.2) is 23.5 Å². The van der Waals surface area contributed by atoms with E-state index in [1.165, 1.54) is 17.8 Å². The van der Waals surface area contributed by atoms with Gasteiger partial charge >= 0.3 is 0 Å². The molecule has 2 heterocycles. The summed E-state index contributed by atoms with van der Waals surface area (Å²) in [6, 6.07) is -0.0647. The van der Waals surface area contributed by atoms with Crippen molar-refractivity contribution in [3.05, 3.63) is 9.98 Å². The van der Waals surface area contributed by atoms with E-state index in [9.17, 15) is 4.79 Å². The molecule has 2 rings (SSSR count). The first-order valence-electron chi connectivity index (χ1n) is 5.41. The number of anilines is 1. The summed E-state index contributed by atoms with van der Waals surface area (Å²) in [4.78, 5) is 16.0. The average molecular weight is 304 g/mol. The molecule has 0 radical (unpaired) electrons. The van der Waals surface area contributed by atoms with Crippen LogP contribution in [0.4, 0.5) is 5.13 Å². The van der Waals surface area contributed by atoms with Crippen LogP contribution in [0.25, 0.3) is 0 Å². The van der Waals surface area contributed by atoms with Gasteiger partial charge < -0.3 is 10.6 Å². The van der Waals surface area contributed by atoms with Crippen LogP contribution in [0.15, 0.2) is 9.98 Å². The van der Waals surface area contributed by atoms with Gasteiger partial charge in [0.25, 0.3) is 0 Å². The molecule has 0 aromatic carbocycles. The van der Waals surface area contributed by atoms with E-state index in [0.29, 0.717) is 5.13 Å². The van der Waals surface area contributed by atoms with Crippen LogP contribution in [0, 0.1) is 0 Å². The van der Waals surface area contributed by atoms with Crippen molar-refractivity contribution in [1.29, 1.82) is 0 Å². The summed E-state index contributed by atoms with van der Waals surface area (Å²) in [6.07, 6.45) is 6.10. The maximum atomic E-state index is 11.9. The van der Waals surface area contributed by atoms with Crippen molar-refractivity contribution in [3.63, 3.8) is 0 Å². The van der Waals surface area contributed by atoms with Gasteiger partial charge in [-0.15, -0.1) is 0 Å². The smallest absolute Gasteiger partial charge is 0.243 e. The van der Waals surface area contributed by atoms with E-state index in [0.717, 1.165) is 29.6 Å². The molecule has 1 aliphatic rings. The molecule has 1 unspecified atom stereocenters. The number of hydrogen-bond acceptors (Lipinski definition) is 4. The van der Waals surface area contributed by atoms with Crippen molar-refractivity contribution >= 4 is 38.3 Å². The van der Waals surface area contributed by atoms with Gasteiger partial charge in [0.2, 0.25) is 5.91 Å². The number of halogens is 1. The summed E-state index contributed by atoms with van der Waals surface area (Å²) < 4.78 is 0.927. The van der Waals surface area contributed by atoms with E-state index in [4.69, 9.17) is 0 Å². The second kappa shape index (κ2) is 5.75. The van der Waals surface area contributed by atoms with Crippen molar-refractivity contribution in [2.75, 3.05) is 11.9 Å². The zero-order chi connectivity index (χ0) is 11.4. The molecule has 1 atom stereocenters. The third-order valence-electron chi connectivity index (χ3n) is 2.58. The van der Waals surface area contributed by atoms with Crippen LogP contribution in [-0.2, 0) is 4.79 Å². The summed E-state index contributed by atoms with van der Waals surface area (Å²) in [5, 5.41) is 6.75. The minimum atomic E-state index is -0.0647. The van der Waals surface area contributed by atoms with Gasteiger partial charge in [0.05, 0.1) is 16.0 Å². The molecule has 1 aliphatic heterocycles. The quantitative estimate of drug-likeness (QED) is 0.882. The Morgan fingerprint density at radius 3 is 3.19 bits per heavy atom. The van der Waals surface area contributed by atoms with Gasteiger partial charge in [-0.25, -0.2) is 4.98 Å². The number of amides is 1. The summed E-state index contributed by atoms with van der Waals surface area (Å²) in [6.45, 7) is 0.930. The molecule has 1 aromatic rings. The Bertz CT molecular complexity index is 361. The van der Waals surface area contributed by atoms with E-state index in [1.807, 2.05) is 0 Å². The molecule has 0 aliphatic carbocycles. The monoisotopic (exact) mass is 303 g/mol. The van der Waals surface area contributed by atoms with Gasteiger partial charge in [-0.1, -0.05) is 24.2 Å². The van der Waals surface area contributed by atoms with Crippen molar-refractivity contribution in [1.82, 2.24) is 10.3 Å². The van der Waals surface area contributed by atoms with Gasteiger partial charge in [0.1, 0.15) is 0 Å². The molecule has 0 bridgehead atoms. The van der Waals surface area contributed by atoms with Crippen molar-refractivity contribution in [2.24, 2.45) is 0 Å². The molecular weight excluding hydrogens is 290 g/mol. The highest BCUT2D eigenvalue weighted by Crippen LogP contribution is 2.23. The summed E-state index contributed by atoms with van der Waals surface area (Å²) in [7, 11) is 0. The van der Waals surface area contributed by atoms with E-state index in [-0.39, 0.29) is 11.9 Å². The van der Waals surface area contributed by atoms with Crippen molar-refractivity contribution < 1.29 is 4.79 Å². The average Bonchev–Trinajstić information content (AvgIpc) is 2.56. The number of aromatic nitrogens is 1. The number of hydrogen-bond donors (Lipinski definition) is 2. The van der Waals surface area contributed by atoms with Gasteiger partial charge in [-0.05, 0) is 35.3 Å². The molecule has 1 amide bonds. The highest BCUT2D eigenvalue weighted by atomic mass is 79.9. The Morgan fingerprint density at radius 1 is 1.56 bits per heavy atom. The molecule has 16 heavy (non-hydrogen) atoms. The van der Waals surface area contributed by atoms with Crippen LogP contribution in [0.3, 0.4) is 0 Å². The molecule has 0 saturated carbocycles. The third kappa shape index (κ3) is 3.26. The van der Waals surface area contributed by atoms with Crippen LogP contribution in [0.1, 0.15) is 25.7 Å². The van der Waals surface area contributed by atoms with Crippen molar-refractivity contribution in [2.45, 2.75) is 31.7 Å². The Balaban J connectivity index is 1.91. The number of carbonyl (C=O) groups excluding carboxylic acids is 1. The zero-order valence-corrected chi connectivity index (χ0v) is 11.2. The molecular formula is C10H14BrN3OS. The first-order valence-corrected chi connectivity index (χ1v) is 7.02. The largest absolute Gasteiger partial charge is 0.306 e. The number of rotatable bonds is 2. The topological polar surface area (TPSA) is 54.0 Å². The summed E-state index contributed by atoms with van der Waals surface area (Å²) in [5.41, 5.74) is 0. The maximum absolute atomic E-state index is 11.9. The molecule has 1 saturated heterocycles. The van der Waals surface area contributed by atoms with Crippen LogP contribution in [0.2, 0.25) is 0 Å². The molecule has 4 nitrogen and oxygen atoms in total. The fourth-order valence-corrected chi connectivity index (χ4v) is 2.87. The van der Waals surface area contributed by atoms with E-state index in [1.54, 1.807) is 6.20 Å². The third-order valence-corrected chi connectivity index (χ3v) is 3.98. The normalized spacial score (nSPS) is 21.4. The second-order valence-electron chi connectivity index (χ2n) is 3.81. The van der Waals surface area contributed by atoms with Gasteiger partial charge in [-0.3, -0.25) is 4.79 Å². The molecule has 1 fully saturated rings. The minimum absolute atomic E-state index is 0.0313. The maximum Gasteiger partial charge on any atom is 0.243 e. The lowest BCUT2D eigenvalue weighted by Gasteiger charge is -2.13. The molecule has 1 aromatic heterocycles. The molecule has 88 valence electrons. The Labute approximate surface area is 107 Å². The zero-order valence-electron chi connectivity index (χ0n) is 8.83.